The topological polar surface area (TPSA) is 70.6 Å². The zero-order valence-corrected chi connectivity index (χ0v) is 14.5. The summed E-state index contributed by atoms with van der Waals surface area (Å²) < 4.78 is 5.67. The number of urea groups is 1. The minimum atomic E-state index is -0.512. The number of amides is 2. The van der Waals surface area contributed by atoms with Crippen LogP contribution in [0.4, 0.5) is 10.5 Å². The van der Waals surface area contributed by atoms with Gasteiger partial charge in [0.15, 0.2) is 6.23 Å². The Morgan fingerprint density at radius 1 is 1.08 bits per heavy atom. The standard InChI is InChI=1S/C19H24N2O3/c1-12(2)15-6-8-16(9-7-15)24-14(4)20-19(23)21-17-10-5-13(3)11-18(17)22/h5-12,14,22H,1-4H3,(H2,20,21,23). The third kappa shape index (κ3) is 4.91. The van der Waals surface area contributed by atoms with Gasteiger partial charge in [-0.1, -0.05) is 32.0 Å². The van der Waals surface area contributed by atoms with Crippen LogP contribution in [-0.4, -0.2) is 17.4 Å². The molecule has 0 heterocycles. The van der Waals surface area contributed by atoms with Crippen molar-refractivity contribution in [1.82, 2.24) is 5.32 Å². The Morgan fingerprint density at radius 2 is 1.75 bits per heavy atom. The van der Waals surface area contributed by atoms with Gasteiger partial charge in [0.2, 0.25) is 0 Å². The lowest BCUT2D eigenvalue weighted by Crippen LogP contribution is -2.39. The lowest BCUT2D eigenvalue weighted by atomic mass is 10.0. The number of carbonyl (C=O) groups excluding carboxylic acids is 1. The average molecular weight is 328 g/mol. The van der Waals surface area contributed by atoms with Crippen LogP contribution in [0.25, 0.3) is 0 Å². The Morgan fingerprint density at radius 3 is 2.33 bits per heavy atom. The second-order valence-corrected chi connectivity index (χ2v) is 6.10. The minimum absolute atomic E-state index is 0.0306. The Labute approximate surface area is 142 Å². The molecule has 5 nitrogen and oxygen atoms in total. The number of carbonyl (C=O) groups is 1. The van der Waals surface area contributed by atoms with E-state index < -0.39 is 12.3 Å². The van der Waals surface area contributed by atoms with Gasteiger partial charge in [-0.15, -0.1) is 0 Å². The van der Waals surface area contributed by atoms with Gasteiger partial charge < -0.3 is 20.5 Å². The van der Waals surface area contributed by atoms with Crippen molar-refractivity contribution in [2.75, 3.05) is 5.32 Å². The fraction of sp³-hybridized carbons (Fsp3) is 0.316. The third-order valence-electron chi connectivity index (χ3n) is 3.60. The fourth-order valence-corrected chi connectivity index (χ4v) is 2.26. The first-order valence-electron chi connectivity index (χ1n) is 7.99. The van der Waals surface area contributed by atoms with Crippen molar-refractivity contribution in [2.24, 2.45) is 0 Å². The van der Waals surface area contributed by atoms with Crippen molar-refractivity contribution >= 4 is 11.7 Å². The molecule has 5 heteroatoms. The maximum absolute atomic E-state index is 12.0. The average Bonchev–Trinajstić information content (AvgIpc) is 2.50. The van der Waals surface area contributed by atoms with Crippen LogP contribution in [0.15, 0.2) is 42.5 Å². The van der Waals surface area contributed by atoms with Gasteiger partial charge in [0.25, 0.3) is 0 Å². The normalized spacial score (nSPS) is 11.9. The van der Waals surface area contributed by atoms with Crippen LogP contribution in [0, 0.1) is 6.92 Å². The Balaban J connectivity index is 1.89. The van der Waals surface area contributed by atoms with E-state index in [2.05, 4.69) is 24.5 Å². The first kappa shape index (κ1) is 17.7. The maximum atomic E-state index is 12.0. The Hall–Kier alpha value is -2.69. The second-order valence-electron chi connectivity index (χ2n) is 6.10. The van der Waals surface area contributed by atoms with E-state index in [9.17, 15) is 9.90 Å². The van der Waals surface area contributed by atoms with E-state index in [1.807, 2.05) is 37.3 Å². The van der Waals surface area contributed by atoms with Crippen LogP contribution in [-0.2, 0) is 0 Å². The lowest BCUT2D eigenvalue weighted by Gasteiger charge is -2.17. The zero-order valence-electron chi connectivity index (χ0n) is 14.5. The molecule has 0 radical (unpaired) electrons. The third-order valence-corrected chi connectivity index (χ3v) is 3.60. The van der Waals surface area contributed by atoms with Crippen molar-refractivity contribution in [2.45, 2.75) is 39.8 Å². The van der Waals surface area contributed by atoms with Crippen LogP contribution in [0.2, 0.25) is 0 Å². The zero-order chi connectivity index (χ0) is 17.7. The molecular weight excluding hydrogens is 304 g/mol. The van der Waals surface area contributed by atoms with Crippen LogP contribution in [0.1, 0.15) is 37.8 Å². The minimum Gasteiger partial charge on any atom is -0.506 e. The summed E-state index contributed by atoms with van der Waals surface area (Å²) in [7, 11) is 0. The highest BCUT2D eigenvalue weighted by Crippen LogP contribution is 2.23. The van der Waals surface area contributed by atoms with Gasteiger partial charge in [0.1, 0.15) is 11.5 Å². The van der Waals surface area contributed by atoms with Crippen LogP contribution < -0.4 is 15.4 Å². The number of benzene rings is 2. The molecule has 2 aromatic carbocycles. The van der Waals surface area contributed by atoms with Crippen LogP contribution in [0.5, 0.6) is 11.5 Å². The maximum Gasteiger partial charge on any atom is 0.322 e. The molecule has 1 atom stereocenters. The molecule has 0 aliphatic carbocycles. The van der Waals surface area contributed by atoms with Crippen molar-refractivity contribution in [3.05, 3.63) is 53.6 Å². The van der Waals surface area contributed by atoms with Crippen molar-refractivity contribution in [1.29, 1.82) is 0 Å². The molecule has 0 aliphatic heterocycles. The molecule has 1 unspecified atom stereocenters. The highest BCUT2D eigenvalue weighted by atomic mass is 16.5. The number of rotatable bonds is 5. The van der Waals surface area contributed by atoms with Crippen molar-refractivity contribution in [3.63, 3.8) is 0 Å². The van der Waals surface area contributed by atoms with Gasteiger partial charge in [0, 0.05) is 0 Å². The summed E-state index contributed by atoms with van der Waals surface area (Å²) in [6.45, 7) is 7.87. The van der Waals surface area contributed by atoms with Crippen molar-refractivity contribution < 1.29 is 14.6 Å². The molecule has 0 fully saturated rings. The monoisotopic (exact) mass is 328 g/mol. The summed E-state index contributed by atoms with van der Waals surface area (Å²) in [5.74, 6) is 1.18. The van der Waals surface area contributed by atoms with E-state index >= 15 is 0 Å². The van der Waals surface area contributed by atoms with E-state index in [4.69, 9.17) is 4.74 Å². The summed E-state index contributed by atoms with van der Waals surface area (Å²) in [5, 5.41) is 15.1. The van der Waals surface area contributed by atoms with Crippen LogP contribution in [0.3, 0.4) is 0 Å². The molecule has 128 valence electrons. The number of aromatic hydroxyl groups is 1. The molecule has 2 amide bonds. The van der Waals surface area contributed by atoms with E-state index in [-0.39, 0.29) is 5.75 Å². The number of phenolic OH excluding ortho intramolecular Hbond substituents is 1. The molecule has 2 rings (SSSR count). The second kappa shape index (κ2) is 7.73. The lowest BCUT2D eigenvalue weighted by molar-refractivity contribution is 0.183. The molecule has 0 saturated heterocycles. The van der Waals surface area contributed by atoms with Gasteiger partial charge in [-0.25, -0.2) is 4.79 Å². The molecule has 0 spiro atoms. The molecule has 2 aromatic rings. The van der Waals surface area contributed by atoms with Crippen LogP contribution >= 0.6 is 0 Å². The first-order valence-corrected chi connectivity index (χ1v) is 7.99. The van der Waals surface area contributed by atoms with E-state index in [1.165, 1.54) is 5.56 Å². The summed E-state index contributed by atoms with van der Waals surface area (Å²) in [6.07, 6.45) is -0.512. The molecular formula is C19H24N2O3. The van der Waals surface area contributed by atoms with E-state index in [0.29, 0.717) is 17.4 Å². The molecule has 0 bridgehead atoms. The molecule has 0 aromatic heterocycles. The highest BCUT2D eigenvalue weighted by molar-refractivity contribution is 5.90. The number of ether oxygens (including phenoxy) is 1. The SMILES string of the molecule is Cc1ccc(NC(=O)NC(C)Oc2ccc(C(C)C)cc2)c(O)c1. The summed E-state index contributed by atoms with van der Waals surface area (Å²) in [4.78, 5) is 12.0. The first-order chi connectivity index (χ1) is 11.3. The molecule has 0 aliphatic rings. The van der Waals surface area contributed by atoms with Gasteiger partial charge in [-0.3, -0.25) is 0 Å². The fourth-order valence-electron chi connectivity index (χ4n) is 2.26. The molecule has 0 saturated carbocycles. The number of nitrogens with one attached hydrogen (secondary N) is 2. The summed E-state index contributed by atoms with van der Waals surface area (Å²) >= 11 is 0. The largest absolute Gasteiger partial charge is 0.506 e. The van der Waals surface area contributed by atoms with Crippen molar-refractivity contribution in [3.8, 4) is 11.5 Å². The number of anilines is 1. The Bertz CT molecular complexity index is 696. The number of phenols is 1. The van der Waals surface area contributed by atoms with Gasteiger partial charge in [0.05, 0.1) is 5.69 Å². The predicted octanol–water partition coefficient (Wildman–Crippen LogP) is 4.37. The summed E-state index contributed by atoms with van der Waals surface area (Å²) in [6, 6.07) is 12.4. The smallest absolute Gasteiger partial charge is 0.322 e. The quantitative estimate of drug-likeness (QED) is 0.564. The van der Waals surface area contributed by atoms with Gasteiger partial charge in [-0.05, 0) is 55.2 Å². The highest BCUT2D eigenvalue weighted by Gasteiger charge is 2.11. The Kier molecular flexibility index (Phi) is 5.68. The van der Waals surface area contributed by atoms with E-state index in [0.717, 1.165) is 5.56 Å². The number of aryl methyl sites for hydroxylation is 1. The van der Waals surface area contributed by atoms with E-state index in [1.54, 1.807) is 19.1 Å². The van der Waals surface area contributed by atoms with Gasteiger partial charge >= 0.3 is 6.03 Å². The number of hydrogen-bond donors (Lipinski definition) is 3. The predicted molar refractivity (Wildman–Crippen MR) is 95.6 cm³/mol. The molecule has 24 heavy (non-hydrogen) atoms. The van der Waals surface area contributed by atoms with Gasteiger partial charge in [-0.2, -0.15) is 0 Å². The summed E-state index contributed by atoms with van der Waals surface area (Å²) in [5.41, 5.74) is 2.50. The molecule has 3 N–H and O–H groups in total. The number of hydrogen-bond acceptors (Lipinski definition) is 3.